The lowest BCUT2D eigenvalue weighted by molar-refractivity contribution is -0.142. The van der Waals surface area contributed by atoms with Gasteiger partial charge in [-0.3, -0.25) is 9.69 Å². The standard InChI is InChI=1S/C13H19NO3/c1-3-7-14(10-13(16)17-2)9-11-5-4-6-12(15)8-11/h4-6,8,15H,3,7,9-10H2,1-2H3. The molecule has 0 saturated heterocycles. The third-order valence-corrected chi connectivity index (χ3v) is 2.44. The zero-order chi connectivity index (χ0) is 12.7. The molecule has 1 aromatic carbocycles. The highest BCUT2D eigenvalue weighted by Crippen LogP contribution is 2.13. The second-order valence-electron chi connectivity index (χ2n) is 3.96. The smallest absolute Gasteiger partial charge is 0.319 e. The quantitative estimate of drug-likeness (QED) is 0.766. The lowest BCUT2D eigenvalue weighted by atomic mass is 10.2. The van der Waals surface area contributed by atoms with Crippen LogP contribution in [0, 0.1) is 0 Å². The van der Waals surface area contributed by atoms with Gasteiger partial charge in [0.05, 0.1) is 13.7 Å². The summed E-state index contributed by atoms with van der Waals surface area (Å²) in [4.78, 5) is 13.2. The van der Waals surface area contributed by atoms with Crippen LogP contribution in [0.3, 0.4) is 0 Å². The SMILES string of the molecule is CCCN(CC(=O)OC)Cc1cccc(O)c1. The fraction of sp³-hybridized carbons (Fsp3) is 0.462. The van der Waals surface area contributed by atoms with Crippen molar-refractivity contribution in [3.63, 3.8) is 0 Å². The van der Waals surface area contributed by atoms with E-state index in [4.69, 9.17) is 0 Å². The Balaban J connectivity index is 2.62. The van der Waals surface area contributed by atoms with Crippen LogP contribution >= 0.6 is 0 Å². The minimum Gasteiger partial charge on any atom is -0.508 e. The van der Waals surface area contributed by atoms with E-state index >= 15 is 0 Å². The molecule has 0 saturated carbocycles. The summed E-state index contributed by atoms with van der Waals surface area (Å²) in [5.41, 5.74) is 0.988. The van der Waals surface area contributed by atoms with E-state index in [9.17, 15) is 9.90 Å². The van der Waals surface area contributed by atoms with Crippen LogP contribution in [0.15, 0.2) is 24.3 Å². The van der Waals surface area contributed by atoms with E-state index in [1.54, 1.807) is 18.2 Å². The summed E-state index contributed by atoms with van der Waals surface area (Å²) in [6.07, 6.45) is 0.968. The number of phenolic OH excluding ortho intramolecular Hbond substituents is 1. The van der Waals surface area contributed by atoms with Crippen molar-refractivity contribution < 1.29 is 14.6 Å². The van der Waals surface area contributed by atoms with E-state index in [2.05, 4.69) is 11.7 Å². The molecule has 0 aliphatic carbocycles. The van der Waals surface area contributed by atoms with Crippen LogP contribution in [0.5, 0.6) is 5.75 Å². The van der Waals surface area contributed by atoms with E-state index in [-0.39, 0.29) is 18.3 Å². The minimum absolute atomic E-state index is 0.237. The summed E-state index contributed by atoms with van der Waals surface area (Å²) in [5.74, 6) is 0.00983. The Bertz CT molecular complexity index is 365. The molecular weight excluding hydrogens is 218 g/mol. The van der Waals surface area contributed by atoms with Crippen LogP contribution in [0.25, 0.3) is 0 Å². The molecule has 0 spiro atoms. The molecule has 0 aromatic heterocycles. The van der Waals surface area contributed by atoms with Gasteiger partial charge in [-0.2, -0.15) is 0 Å². The molecule has 1 aromatic rings. The van der Waals surface area contributed by atoms with Gasteiger partial charge in [-0.1, -0.05) is 19.1 Å². The molecule has 94 valence electrons. The number of phenols is 1. The largest absolute Gasteiger partial charge is 0.508 e. The van der Waals surface area contributed by atoms with Gasteiger partial charge in [0.15, 0.2) is 0 Å². The van der Waals surface area contributed by atoms with Crippen molar-refractivity contribution in [1.82, 2.24) is 4.90 Å². The third-order valence-electron chi connectivity index (χ3n) is 2.44. The predicted molar refractivity (Wildman–Crippen MR) is 65.7 cm³/mol. The van der Waals surface area contributed by atoms with Gasteiger partial charge in [0.2, 0.25) is 0 Å². The van der Waals surface area contributed by atoms with Gasteiger partial charge in [-0.05, 0) is 30.7 Å². The lowest BCUT2D eigenvalue weighted by Gasteiger charge is -2.20. The topological polar surface area (TPSA) is 49.8 Å². The fourth-order valence-corrected chi connectivity index (χ4v) is 1.69. The average molecular weight is 237 g/mol. The molecule has 0 heterocycles. The first-order valence-electron chi connectivity index (χ1n) is 5.72. The lowest BCUT2D eigenvalue weighted by Crippen LogP contribution is -2.30. The maximum atomic E-state index is 11.2. The number of hydrogen-bond acceptors (Lipinski definition) is 4. The van der Waals surface area contributed by atoms with Crippen molar-refractivity contribution in [1.29, 1.82) is 0 Å². The Labute approximate surface area is 102 Å². The van der Waals surface area contributed by atoms with Crippen molar-refractivity contribution in [2.24, 2.45) is 0 Å². The highest BCUT2D eigenvalue weighted by molar-refractivity contribution is 5.71. The first-order valence-corrected chi connectivity index (χ1v) is 5.72. The van der Waals surface area contributed by atoms with Crippen LogP contribution in [0.1, 0.15) is 18.9 Å². The molecule has 0 fully saturated rings. The number of rotatable bonds is 6. The number of benzene rings is 1. The summed E-state index contributed by atoms with van der Waals surface area (Å²) in [6, 6.07) is 7.07. The number of esters is 1. The molecule has 0 aliphatic rings. The number of methoxy groups -OCH3 is 1. The molecule has 0 bridgehead atoms. The minimum atomic E-state index is -0.237. The summed E-state index contributed by atoms with van der Waals surface area (Å²) >= 11 is 0. The highest BCUT2D eigenvalue weighted by Gasteiger charge is 2.10. The Morgan fingerprint density at radius 3 is 2.82 bits per heavy atom. The molecule has 4 nitrogen and oxygen atoms in total. The predicted octanol–water partition coefficient (Wildman–Crippen LogP) is 1.78. The van der Waals surface area contributed by atoms with Crippen molar-refractivity contribution >= 4 is 5.97 Å². The maximum absolute atomic E-state index is 11.2. The number of nitrogens with zero attached hydrogens (tertiary/aromatic N) is 1. The molecule has 0 aliphatic heterocycles. The Morgan fingerprint density at radius 2 is 2.24 bits per heavy atom. The second kappa shape index (κ2) is 6.91. The summed E-state index contributed by atoms with van der Waals surface area (Å²) < 4.78 is 4.66. The molecule has 0 atom stereocenters. The van der Waals surface area contributed by atoms with E-state index in [0.717, 1.165) is 18.5 Å². The number of ether oxygens (including phenoxy) is 1. The van der Waals surface area contributed by atoms with E-state index in [1.165, 1.54) is 7.11 Å². The van der Waals surface area contributed by atoms with Crippen molar-refractivity contribution in [3.05, 3.63) is 29.8 Å². The van der Waals surface area contributed by atoms with Gasteiger partial charge in [0, 0.05) is 6.54 Å². The van der Waals surface area contributed by atoms with E-state index in [0.29, 0.717) is 6.54 Å². The van der Waals surface area contributed by atoms with Crippen LogP contribution in [-0.4, -0.2) is 36.2 Å². The van der Waals surface area contributed by atoms with Gasteiger partial charge >= 0.3 is 5.97 Å². The molecule has 1 N–H and O–H groups in total. The number of hydrogen-bond donors (Lipinski definition) is 1. The van der Waals surface area contributed by atoms with Crippen LogP contribution in [0.4, 0.5) is 0 Å². The van der Waals surface area contributed by atoms with Crippen molar-refractivity contribution in [2.75, 3.05) is 20.2 Å². The molecule has 0 unspecified atom stereocenters. The third kappa shape index (κ3) is 4.87. The first kappa shape index (κ1) is 13.5. The van der Waals surface area contributed by atoms with Crippen molar-refractivity contribution in [2.45, 2.75) is 19.9 Å². The van der Waals surface area contributed by atoms with Crippen LogP contribution in [-0.2, 0) is 16.1 Å². The molecule has 0 radical (unpaired) electrons. The molecular formula is C13H19NO3. The normalized spacial score (nSPS) is 10.5. The highest BCUT2D eigenvalue weighted by atomic mass is 16.5. The number of aromatic hydroxyl groups is 1. The van der Waals surface area contributed by atoms with Crippen LogP contribution < -0.4 is 0 Å². The van der Waals surface area contributed by atoms with Crippen molar-refractivity contribution in [3.8, 4) is 5.75 Å². The Morgan fingerprint density at radius 1 is 1.47 bits per heavy atom. The zero-order valence-electron chi connectivity index (χ0n) is 10.3. The van der Waals surface area contributed by atoms with Gasteiger partial charge in [-0.25, -0.2) is 0 Å². The second-order valence-corrected chi connectivity index (χ2v) is 3.96. The summed E-state index contributed by atoms with van der Waals surface area (Å²) in [5, 5.41) is 9.37. The van der Waals surface area contributed by atoms with Gasteiger partial charge in [0.25, 0.3) is 0 Å². The Hall–Kier alpha value is -1.55. The number of carbonyl (C=O) groups is 1. The summed E-state index contributed by atoms with van der Waals surface area (Å²) in [6.45, 7) is 3.80. The number of carbonyl (C=O) groups excluding carboxylic acids is 1. The fourth-order valence-electron chi connectivity index (χ4n) is 1.69. The monoisotopic (exact) mass is 237 g/mol. The first-order chi connectivity index (χ1) is 8.15. The maximum Gasteiger partial charge on any atom is 0.319 e. The summed E-state index contributed by atoms with van der Waals surface area (Å²) in [7, 11) is 1.39. The van der Waals surface area contributed by atoms with Gasteiger partial charge in [0.1, 0.15) is 5.75 Å². The van der Waals surface area contributed by atoms with Gasteiger partial charge in [-0.15, -0.1) is 0 Å². The zero-order valence-corrected chi connectivity index (χ0v) is 10.3. The van der Waals surface area contributed by atoms with Crippen LogP contribution in [0.2, 0.25) is 0 Å². The molecule has 17 heavy (non-hydrogen) atoms. The Kier molecular flexibility index (Phi) is 5.49. The average Bonchev–Trinajstić information content (AvgIpc) is 2.29. The molecule has 0 amide bonds. The van der Waals surface area contributed by atoms with Gasteiger partial charge < -0.3 is 9.84 Å². The van der Waals surface area contributed by atoms with E-state index in [1.807, 2.05) is 11.0 Å². The van der Waals surface area contributed by atoms with E-state index < -0.39 is 0 Å². The molecule has 1 rings (SSSR count). The molecule has 4 heteroatoms.